The van der Waals surface area contributed by atoms with Crippen LogP contribution in [0.1, 0.15) is 26.7 Å². The molecular formula is C8H18O3. The van der Waals surface area contributed by atoms with Crippen molar-refractivity contribution >= 4 is 0 Å². The van der Waals surface area contributed by atoms with Crippen LogP contribution in [0.15, 0.2) is 0 Å². The Morgan fingerprint density at radius 3 is 2.64 bits per heavy atom. The van der Waals surface area contributed by atoms with Crippen molar-refractivity contribution in [2.24, 2.45) is 5.92 Å². The van der Waals surface area contributed by atoms with Crippen LogP contribution in [-0.4, -0.2) is 24.9 Å². The van der Waals surface area contributed by atoms with Gasteiger partial charge >= 0.3 is 0 Å². The predicted octanol–water partition coefficient (Wildman–Crippen LogP) is 1.36. The lowest BCUT2D eigenvalue weighted by Gasteiger charge is -2.07. The molecule has 0 saturated carbocycles. The molecule has 0 aromatic rings. The summed E-state index contributed by atoms with van der Waals surface area (Å²) in [5.74, 6) is 0.164. The molecule has 0 saturated heterocycles. The normalized spacial score (nSPS) is 13.4. The zero-order chi connectivity index (χ0) is 8.53. The Morgan fingerprint density at radius 2 is 2.09 bits per heavy atom. The van der Waals surface area contributed by atoms with Gasteiger partial charge in [-0.15, -0.1) is 0 Å². The Morgan fingerprint density at radius 1 is 1.36 bits per heavy atom. The van der Waals surface area contributed by atoms with Crippen molar-refractivity contribution in [1.29, 1.82) is 0 Å². The van der Waals surface area contributed by atoms with E-state index in [0.29, 0.717) is 13.2 Å². The maximum absolute atomic E-state index is 8.60. The second-order valence-corrected chi connectivity index (χ2v) is 2.75. The molecule has 0 aromatic heterocycles. The van der Waals surface area contributed by atoms with Gasteiger partial charge in [-0.1, -0.05) is 20.3 Å². The van der Waals surface area contributed by atoms with Gasteiger partial charge in [0.15, 0.2) is 0 Å². The largest absolute Gasteiger partial charge is 0.396 e. The third-order valence-corrected chi connectivity index (χ3v) is 1.33. The Kier molecular flexibility index (Phi) is 7.89. The fourth-order valence-electron chi connectivity index (χ4n) is 0.479. The van der Waals surface area contributed by atoms with Crippen LogP contribution in [0.4, 0.5) is 0 Å². The number of hydrogen-bond acceptors (Lipinski definition) is 3. The van der Waals surface area contributed by atoms with Gasteiger partial charge < -0.3 is 5.11 Å². The lowest BCUT2D eigenvalue weighted by atomic mass is 10.2. The smallest absolute Gasteiger partial charge is 0.0869 e. The highest BCUT2D eigenvalue weighted by Gasteiger charge is 1.99. The maximum Gasteiger partial charge on any atom is 0.0869 e. The van der Waals surface area contributed by atoms with Crippen molar-refractivity contribution < 1.29 is 14.9 Å². The van der Waals surface area contributed by atoms with E-state index in [-0.39, 0.29) is 12.5 Å². The van der Waals surface area contributed by atoms with Gasteiger partial charge in [-0.3, -0.25) is 0 Å². The van der Waals surface area contributed by atoms with E-state index >= 15 is 0 Å². The molecule has 0 aliphatic rings. The highest BCUT2D eigenvalue weighted by atomic mass is 17.2. The molecule has 0 heterocycles. The Labute approximate surface area is 68.2 Å². The van der Waals surface area contributed by atoms with E-state index in [0.717, 1.165) is 12.8 Å². The van der Waals surface area contributed by atoms with Crippen molar-refractivity contribution in [3.05, 3.63) is 0 Å². The van der Waals surface area contributed by atoms with E-state index in [2.05, 4.69) is 6.92 Å². The van der Waals surface area contributed by atoms with Crippen LogP contribution in [0, 0.1) is 5.92 Å². The third kappa shape index (κ3) is 7.78. The van der Waals surface area contributed by atoms with Crippen LogP contribution in [0.5, 0.6) is 0 Å². The van der Waals surface area contributed by atoms with Gasteiger partial charge in [0.2, 0.25) is 0 Å². The topological polar surface area (TPSA) is 38.7 Å². The molecule has 68 valence electrons. The first-order valence-electron chi connectivity index (χ1n) is 4.16. The molecule has 0 bridgehead atoms. The van der Waals surface area contributed by atoms with Crippen LogP contribution in [0.25, 0.3) is 0 Å². The number of unbranched alkanes of at least 4 members (excludes halogenated alkanes) is 1. The van der Waals surface area contributed by atoms with Gasteiger partial charge in [0.25, 0.3) is 0 Å². The highest BCUT2D eigenvalue weighted by Crippen LogP contribution is 1.95. The molecule has 1 N–H and O–H groups in total. The van der Waals surface area contributed by atoms with Gasteiger partial charge in [0.1, 0.15) is 0 Å². The van der Waals surface area contributed by atoms with Gasteiger partial charge in [0.05, 0.1) is 13.2 Å². The zero-order valence-electron chi connectivity index (χ0n) is 7.38. The number of aliphatic hydroxyl groups excluding tert-OH is 1. The standard InChI is InChI=1S/C8H18O3/c1-3-4-5-10-11-7-8(2)6-9/h8-9H,3-7H2,1-2H3. The SMILES string of the molecule is CCCCOOCC(C)CO. The molecule has 11 heavy (non-hydrogen) atoms. The Balaban J connectivity index is 2.89. The molecule has 0 aliphatic heterocycles. The van der Waals surface area contributed by atoms with Crippen molar-refractivity contribution in [1.82, 2.24) is 0 Å². The minimum absolute atomic E-state index is 0.150. The lowest BCUT2D eigenvalue weighted by molar-refractivity contribution is -0.301. The monoisotopic (exact) mass is 162 g/mol. The molecular weight excluding hydrogens is 144 g/mol. The van der Waals surface area contributed by atoms with Crippen LogP contribution in [0.2, 0.25) is 0 Å². The maximum atomic E-state index is 8.60. The van der Waals surface area contributed by atoms with Crippen LogP contribution >= 0.6 is 0 Å². The van der Waals surface area contributed by atoms with Crippen LogP contribution in [0.3, 0.4) is 0 Å². The molecule has 1 atom stereocenters. The molecule has 0 radical (unpaired) electrons. The van der Waals surface area contributed by atoms with Crippen LogP contribution < -0.4 is 0 Å². The summed E-state index contributed by atoms with van der Waals surface area (Å²) in [6.07, 6.45) is 2.13. The van der Waals surface area contributed by atoms with Gasteiger partial charge in [-0.05, 0) is 6.42 Å². The number of hydrogen-bond donors (Lipinski definition) is 1. The van der Waals surface area contributed by atoms with E-state index < -0.39 is 0 Å². The molecule has 0 aliphatic carbocycles. The summed E-state index contributed by atoms with van der Waals surface area (Å²) >= 11 is 0. The van der Waals surface area contributed by atoms with Crippen molar-refractivity contribution in [3.63, 3.8) is 0 Å². The predicted molar refractivity (Wildman–Crippen MR) is 43.1 cm³/mol. The number of rotatable bonds is 7. The minimum Gasteiger partial charge on any atom is -0.396 e. The summed E-state index contributed by atoms with van der Waals surface area (Å²) in [6, 6.07) is 0. The summed E-state index contributed by atoms with van der Waals surface area (Å²) in [4.78, 5) is 9.66. The summed E-state index contributed by atoms with van der Waals surface area (Å²) < 4.78 is 0. The van der Waals surface area contributed by atoms with Gasteiger partial charge in [-0.25, -0.2) is 9.78 Å². The molecule has 0 rings (SSSR count). The average Bonchev–Trinajstić information content (AvgIpc) is 2.04. The van der Waals surface area contributed by atoms with E-state index in [9.17, 15) is 0 Å². The number of aliphatic hydroxyl groups is 1. The molecule has 1 unspecified atom stereocenters. The quantitative estimate of drug-likeness (QED) is 0.349. The van der Waals surface area contributed by atoms with Crippen molar-refractivity contribution in [2.45, 2.75) is 26.7 Å². The molecule has 0 aromatic carbocycles. The minimum atomic E-state index is 0.150. The fourth-order valence-corrected chi connectivity index (χ4v) is 0.479. The van der Waals surface area contributed by atoms with E-state index in [4.69, 9.17) is 14.9 Å². The lowest BCUT2D eigenvalue weighted by Crippen LogP contribution is -2.10. The van der Waals surface area contributed by atoms with E-state index in [1.54, 1.807) is 0 Å². The summed E-state index contributed by atoms with van der Waals surface area (Å²) in [6.45, 7) is 5.27. The molecule has 0 fully saturated rings. The average molecular weight is 162 g/mol. The second-order valence-electron chi connectivity index (χ2n) is 2.75. The molecule has 3 heteroatoms. The molecule has 0 amide bonds. The van der Waals surface area contributed by atoms with Gasteiger partial charge in [0, 0.05) is 12.5 Å². The first kappa shape index (κ1) is 10.9. The fraction of sp³-hybridized carbons (Fsp3) is 1.00. The van der Waals surface area contributed by atoms with E-state index in [1.165, 1.54) is 0 Å². The second kappa shape index (κ2) is 7.98. The first-order chi connectivity index (χ1) is 5.31. The van der Waals surface area contributed by atoms with Crippen LogP contribution in [-0.2, 0) is 9.78 Å². The summed E-state index contributed by atoms with van der Waals surface area (Å²) in [5.41, 5.74) is 0. The zero-order valence-corrected chi connectivity index (χ0v) is 7.38. The molecule has 0 spiro atoms. The summed E-state index contributed by atoms with van der Waals surface area (Å²) in [7, 11) is 0. The van der Waals surface area contributed by atoms with Crippen molar-refractivity contribution in [3.8, 4) is 0 Å². The van der Waals surface area contributed by atoms with Gasteiger partial charge in [-0.2, -0.15) is 0 Å². The van der Waals surface area contributed by atoms with Crippen molar-refractivity contribution in [2.75, 3.05) is 19.8 Å². The third-order valence-electron chi connectivity index (χ3n) is 1.33. The Hall–Kier alpha value is -0.120. The highest BCUT2D eigenvalue weighted by molar-refractivity contribution is 4.43. The Bertz CT molecular complexity index is 75.7. The molecule has 3 nitrogen and oxygen atoms in total. The first-order valence-corrected chi connectivity index (χ1v) is 4.16. The summed E-state index contributed by atoms with van der Waals surface area (Å²) in [5, 5.41) is 8.60. The van der Waals surface area contributed by atoms with E-state index in [1.807, 2.05) is 6.92 Å².